The first kappa shape index (κ1) is 16.1. The highest BCUT2D eigenvalue weighted by atomic mass is 35.5. The van der Waals surface area contributed by atoms with Crippen molar-refractivity contribution < 1.29 is 4.79 Å². The van der Waals surface area contributed by atoms with Crippen LogP contribution in [0.4, 0.5) is 5.69 Å². The van der Waals surface area contributed by atoms with Gasteiger partial charge in [0.25, 0.3) is 5.91 Å². The van der Waals surface area contributed by atoms with E-state index in [2.05, 4.69) is 10.3 Å². The summed E-state index contributed by atoms with van der Waals surface area (Å²) in [6.07, 6.45) is 3.96. The SMILES string of the molecule is O=C(Nc1ccc(-c2cn3ccsc3n2)cc1)c1ccc(Cl)c(Cl)c1. The fourth-order valence-corrected chi connectivity index (χ4v) is 3.43. The number of anilines is 1. The van der Waals surface area contributed by atoms with Gasteiger partial charge in [0.15, 0.2) is 4.96 Å². The van der Waals surface area contributed by atoms with Gasteiger partial charge in [-0.2, -0.15) is 0 Å². The zero-order chi connectivity index (χ0) is 17.4. The highest BCUT2D eigenvalue weighted by Crippen LogP contribution is 2.25. The third-order valence-electron chi connectivity index (χ3n) is 3.71. The lowest BCUT2D eigenvalue weighted by atomic mass is 10.1. The van der Waals surface area contributed by atoms with Crippen molar-refractivity contribution >= 4 is 51.1 Å². The summed E-state index contributed by atoms with van der Waals surface area (Å²) in [4.78, 5) is 17.8. The quantitative estimate of drug-likeness (QED) is 0.495. The summed E-state index contributed by atoms with van der Waals surface area (Å²) in [6.45, 7) is 0. The van der Waals surface area contributed by atoms with Crippen molar-refractivity contribution in [3.05, 3.63) is 75.8 Å². The van der Waals surface area contributed by atoms with Crippen molar-refractivity contribution in [2.24, 2.45) is 0 Å². The Morgan fingerprint density at radius 2 is 1.88 bits per heavy atom. The molecule has 0 aliphatic heterocycles. The minimum atomic E-state index is -0.242. The number of halogens is 2. The molecule has 25 heavy (non-hydrogen) atoms. The number of fused-ring (bicyclic) bond motifs is 1. The molecule has 2 aromatic carbocycles. The van der Waals surface area contributed by atoms with Gasteiger partial charge < -0.3 is 5.32 Å². The van der Waals surface area contributed by atoms with Gasteiger partial charge in [-0.25, -0.2) is 4.98 Å². The Hall–Kier alpha value is -2.34. The van der Waals surface area contributed by atoms with Gasteiger partial charge in [0, 0.05) is 34.6 Å². The van der Waals surface area contributed by atoms with Gasteiger partial charge in [-0.1, -0.05) is 35.3 Å². The normalized spacial score (nSPS) is 11.0. The van der Waals surface area contributed by atoms with E-state index >= 15 is 0 Å². The minimum absolute atomic E-state index is 0.242. The number of imidazole rings is 1. The van der Waals surface area contributed by atoms with Crippen LogP contribution in [-0.2, 0) is 0 Å². The summed E-state index contributed by atoms with van der Waals surface area (Å²) in [6, 6.07) is 12.3. The van der Waals surface area contributed by atoms with Crippen molar-refractivity contribution in [2.75, 3.05) is 5.32 Å². The standard InChI is InChI=1S/C18H11Cl2N3OS/c19-14-6-3-12(9-15(14)20)17(24)21-13-4-1-11(2-5-13)16-10-23-7-8-25-18(23)22-16/h1-10H,(H,21,24). The number of amides is 1. The van der Waals surface area contributed by atoms with Gasteiger partial charge in [-0.15, -0.1) is 11.3 Å². The van der Waals surface area contributed by atoms with Crippen molar-refractivity contribution in [1.29, 1.82) is 0 Å². The van der Waals surface area contributed by atoms with Crippen LogP contribution in [0.3, 0.4) is 0 Å². The summed E-state index contributed by atoms with van der Waals surface area (Å²) in [5.74, 6) is -0.242. The van der Waals surface area contributed by atoms with E-state index in [-0.39, 0.29) is 5.91 Å². The van der Waals surface area contributed by atoms with Crippen LogP contribution < -0.4 is 5.32 Å². The van der Waals surface area contributed by atoms with E-state index in [9.17, 15) is 4.79 Å². The molecule has 124 valence electrons. The smallest absolute Gasteiger partial charge is 0.255 e. The Morgan fingerprint density at radius 1 is 1.08 bits per heavy atom. The number of rotatable bonds is 3. The van der Waals surface area contributed by atoms with Crippen LogP contribution in [0, 0.1) is 0 Å². The summed E-state index contributed by atoms with van der Waals surface area (Å²) < 4.78 is 1.99. The van der Waals surface area contributed by atoms with Crippen LogP contribution in [0.5, 0.6) is 0 Å². The molecule has 2 aromatic heterocycles. The van der Waals surface area contributed by atoms with Crippen molar-refractivity contribution in [3.8, 4) is 11.3 Å². The van der Waals surface area contributed by atoms with E-state index in [1.807, 2.05) is 46.4 Å². The number of hydrogen-bond donors (Lipinski definition) is 1. The van der Waals surface area contributed by atoms with Crippen LogP contribution in [-0.4, -0.2) is 15.3 Å². The number of benzene rings is 2. The molecule has 0 aliphatic carbocycles. The molecule has 0 fully saturated rings. The van der Waals surface area contributed by atoms with E-state index in [1.165, 1.54) is 0 Å². The molecule has 0 aliphatic rings. The Kier molecular flexibility index (Phi) is 4.21. The van der Waals surface area contributed by atoms with Gasteiger partial charge in [0.1, 0.15) is 0 Å². The molecule has 0 atom stereocenters. The molecule has 0 spiro atoms. The maximum Gasteiger partial charge on any atom is 0.255 e. The number of carbonyl (C=O) groups is 1. The van der Waals surface area contributed by atoms with Crippen LogP contribution in [0.15, 0.2) is 60.2 Å². The van der Waals surface area contributed by atoms with Crippen LogP contribution in [0.2, 0.25) is 10.0 Å². The molecule has 1 amide bonds. The lowest BCUT2D eigenvalue weighted by Gasteiger charge is -2.07. The zero-order valence-electron chi connectivity index (χ0n) is 12.7. The van der Waals surface area contributed by atoms with E-state index in [0.29, 0.717) is 21.3 Å². The molecule has 2 heterocycles. The number of nitrogens with zero attached hydrogens (tertiary/aromatic N) is 2. The fraction of sp³-hybridized carbons (Fsp3) is 0. The molecule has 0 saturated heterocycles. The first-order valence-corrected chi connectivity index (χ1v) is 9.03. The first-order valence-electron chi connectivity index (χ1n) is 7.39. The van der Waals surface area contributed by atoms with Gasteiger partial charge in [0.2, 0.25) is 0 Å². The Morgan fingerprint density at radius 3 is 2.60 bits per heavy atom. The second-order valence-corrected chi connectivity index (χ2v) is 7.07. The molecule has 0 saturated carbocycles. The summed E-state index contributed by atoms with van der Waals surface area (Å²) in [7, 11) is 0. The van der Waals surface area contributed by atoms with Crippen molar-refractivity contribution in [2.45, 2.75) is 0 Å². The molecule has 4 nitrogen and oxygen atoms in total. The van der Waals surface area contributed by atoms with Crippen molar-refractivity contribution in [3.63, 3.8) is 0 Å². The third kappa shape index (κ3) is 3.26. The number of hydrogen-bond acceptors (Lipinski definition) is 3. The van der Waals surface area contributed by atoms with E-state index in [1.54, 1.807) is 29.5 Å². The second kappa shape index (κ2) is 6.52. The Bertz CT molecular complexity index is 1040. The molecule has 0 bridgehead atoms. The Labute approximate surface area is 157 Å². The van der Waals surface area contributed by atoms with E-state index in [0.717, 1.165) is 16.2 Å². The monoisotopic (exact) mass is 387 g/mol. The summed E-state index contributed by atoms with van der Waals surface area (Å²) >= 11 is 13.4. The fourth-order valence-electron chi connectivity index (χ4n) is 2.43. The van der Waals surface area contributed by atoms with E-state index in [4.69, 9.17) is 23.2 Å². The predicted octanol–water partition coefficient (Wildman–Crippen LogP) is 5.62. The van der Waals surface area contributed by atoms with Crippen LogP contribution in [0.1, 0.15) is 10.4 Å². The maximum absolute atomic E-state index is 12.3. The molecule has 4 aromatic rings. The number of carbonyl (C=O) groups excluding carboxylic acids is 1. The molecule has 7 heteroatoms. The highest BCUT2D eigenvalue weighted by molar-refractivity contribution is 7.15. The molecular formula is C18H11Cl2N3OS. The molecule has 4 rings (SSSR count). The second-order valence-electron chi connectivity index (χ2n) is 5.38. The largest absolute Gasteiger partial charge is 0.322 e. The highest BCUT2D eigenvalue weighted by Gasteiger charge is 2.09. The predicted molar refractivity (Wildman–Crippen MR) is 103 cm³/mol. The first-order chi connectivity index (χ1) is 12.1. The topological polar surface area (TPSA) is 46.4 Å². The molecule has 0 radical (unpaired) electrons. The van der Waals surface area contributed by atoms with Gasteiger partial charge in [-0.05, 0) is 30.3 Å². The number of thiazole rings is 1. The van der Waals surface area contributed by atoms with E-state index < -0.39 is 0 Å². The lowest BCUT2D eigenvalue weighted by Crippen LogP contribution is -2.11. The van der Waals surface area contributed by atoms with Crippen LogP contribution in [0.25, 0.3) is 16.2 Å². The third-order valence-corrected chi connectivity index (χ3v) is 5.22. The van der Waals surface area contributed by atoms with Crippen molar-refractivity contribution in [1.82, 2.24) is 9.38 Å². The number of nitrogens with one attached hydrogen (secondary N) is 1. The maximum atomic E-state index is 12.3. The number of aromatic nitrogens is 2. The molecular weight excluding hydrogens is 377 g/mol. The van der Waals surface area contributed by atoms with Gasteiger partial charge in [-0.3, -0.25) is 9.20 Å². The van der Waals surface area contributed by atoms with Gasteiger partial charge >= 0.3 is 0 Å². The summed E-state index contributed by atoms with van der Waals surface area (Å²) in [5.41, 5.74) is 3.03. The zero-order valence-corrected chi connectivity index (χ0v) is 15.1. The average molecular weight is 388 g/mol. The molecule has 0 unspecified atom stereocenters. The Balaban J connectivity index is 1.52. The average Bonchev–Trinajstić information content (AvgIpc) is 3.20. The lowest BCUT2D eigenvalue weighted by molar-refractivity contribution is 0.102. The summed E-state index contributed by atoms with van der Waals surface area (Å²) in [5, 5.41) is 5.61. The molecule has 1 N–H and O–H groups in total. The van der Waals surface area contributed by atoms with Gasteiger partial charge in [0.05, 0.1) is 15.7 Å². The van der Waals surface area contributed by atoms with Crippen LogP contribution >= 0.6 is 34.5 Å². The minimum Gasteiger partial charge on any atom is -0.322 e.